The van der Waals surface area contributed by atoms with E-state index in [0.717, 1.165) is 11.3 Å². The maximum absolute atomic E-state index is 12.5. The molecule has 0 saturated carbocycles. The van der Waals surface area contributed by atoms with E-state index in [-0.39, 0.29) is 23.8 Å². The lowest BCUT2D eigenvalue weighted by molar-refractivity contribution is -0.148. The summed E-state index contributed by atoms with van der Waals surface area (Å²) < 4.78 is 0. The standard InChI is InChI=1S/C15H21N3O2/c1-10-6-5-7-16-11(10)8-18-9-12(19)17-13(14(18)20)15(2,3)4/h5-7,13H,8-9H2,1-4H3,(H,17,19). The molecule has 5 nitrogen and oxygen atoms in total. The van der Waals surface area contributed by atoms with E-state index in [1.807, 2.05) is 39.8 Å². The summed E-state index contributed by atoms with van der Waals surface area (Å²) >= 11 is 0. The number of amides is 2. The molecule has 0 aromatic carbocycles. The fourth-order valence-electron chi connectivity index (χ4n) is 2.29. The number of piperazine rings is 1. The molecule has 1 atom stereocenters. The first-order chi connectivity index (χ1) is 9.29. The molecule has 0 bridgehead atoms. The molecular formula is C15H21N3O2. The van der Waals surface area contributed by atoms with Crippen LogP contribution in [0.2, 0.25) is 0 Å². The molecule has 0 aliphatic carbocycles. The first-order valence-electron chi connectivity index (χ1n) is 6.77. The van der Waals surface area contributed by atoms with Crippen molar-refractivity contribution in [3.63, 3.8) is 0 Å². The normalized spacial score (nSPS) is 20.0. The van der Waals surface area contributed by atoms with Gasteiger partial charge in [0.25, 0.3) is 0 Å². The molecule has 0 spiro atoms. The van der Waals surface area contributed by atoms with Gasteiger partial charge in [0.1, 0.15) is 12.6 Å². The van der Waals surface area contributed by atoms with Crippen LogP contribution in [0.15, 0.2) is 18.3 Å². The van der Waals surface area contributed by atoms with Gasteiger partial charge in [0.05, 0.1) is 12.2 Å². The van der Waals surface area contributed by atoms with E-state index in [9.17, 15) is 9.59 Å². The zero-order valence-electron chi connectivity index (χ0n) is 12.4. The van der Waals surface area contributed by atoms with Crippen LogP contribution in [0.4, 0.5) is 0 Å². The number of aromatic nitrogens is 1. The van der Waals surface area contributed by atoms with Crippen molar-refractivity contribution >= 4 is 11.8 Å². The molecular weight excluding hydrogens is 254 g/mol. The van der Waals surface area contributed by atoms with Crippen LogP contribution in [0.1, 0.15) is 32.0 Å². The number of rotatable bonds is 2. The fourth-order valence-corrected chi connectivity index (χ4v) is 2.29. The van der Waals surface area contributed by atoms with Crippen molar-refractivity contribution in [2.24, 2.45) is 5.41 Å². The highest BCUT2D eigenvalue weighted by Crippen LogP contribution is 2.24. The molecule has 20 heavy (non-hydrogen) atoms. The van der Waals surface area contributed by atoms with E-state index < -0.39 is 6.04 Å². The van der Waals surface area contributed by atoms with Crippen molar-refractivity contribution in [1.82, 2.24) is 15.2 Å². The first kappa shape index (κ1) is 14.5. The van der Waals surface area contributed by atoms with Gasteiger partial charge >= 0.3 is 0 Å². The summed E-state index contributed by atoms with van der Waals surface area (Å²) in [5.74, 6) is -0.153. The Balaban J connectivity index is 2.21. The minimum atomic E-state index is -0.479. The fraction of sp³-hybridized carbons (Fsp3) is 0.533. The zero-order chi connectivity index (χ0) is 14.9. The van der Waals surface area contributed by atoms with Gasteiger partial charge in [-0.15, -0.1) is 0 Å². The number of hydrogen-bond donors (Lipinski definition) is 1. The minimum Gasteiger partial charge on any atom is -0.342 e. The number of carbonyl (C=O) groups is 2. The number of aryl methyl sites for hydroxylation is 1. The van der Waals surface area contributed by atoms with Gasteiger partial charge in [-0.2, -0.15) is 0 Å². The van der Waals surface area contributed by atoms with Crippen LogP contribution >= 0.6 is 0 Å². The van der Waals surface area contributed by atoms with Gasteiger partial charge in [0.15, 0.2) is 0 Å². The molecule has 2 amide bonds. The van der Waals surface area contributed by atoms with Crippen LogP contribution in [0.25, 0.3) is 0 Å². The van der Waals surface area contributed by atoms with Crippen LogP contribution in [-0.2, 0) is 16.1 Å². The number of nitrogens with one attached hydrogen (secondary N) is 1. The number of pyridine rings is 1. The average Bonchev–Trinajstić information content (AvgIpc) is 2.34. The predicted molar refractivity (Wildman–Crippen MR) is 75.8 cm³/mol. The lowest BCUT2D eigenvalue weighted by Crippen LogP contribution is -2.61. The molecule has 1 aromatic heterocycles. The lowest BCUT2D eigenvalue weighted by atomic mass is 9.84. The number of carbonyl (C=O) groups excluding carboxylic acids is 2. The summed E-state index contributed by atoms with van der Waals surface area (Å²) in [5, 5.41) is 2.79. The molecule has 1 fully saturated rings. The van der Waals surface area contributed by atoms with Crippen LogP contribution in [0, 0.1) is 12.3 Å². The monoisotopic (exact) mass is 275 g/mol. The maximum Gasteiger partial charge on any atom is 0.246 e. The lowest BCUT2D eigenvalue weighted by Gasteiger charge is -2.38. The maximum atomic E-state index is 12.5. The molecule has 5 heteroatoms. The Morgan fingerprint density at radius 1 is 1.40 bits per heavy atom. The molecule has 1 aliphatic rings. The van der Waals surface area contributed by atoms with Gasteiger partial charge in [-0.3, -0.25) is 14.6 Å². The highest BCUT2D eigenvalue weighted by molar-refractivity contribution is 5.95. The summed E-state index contributed by atoms with van der Waals surface area (Å²) in [4.78, 5) is 30.2. The molecule has 1 aliphatic heterocycles. The van der Waals surface area contributed by atoms with Crippen molar-refractivity contribution in [2.45, 2.75) is 40.3 Å². The molecule has 1 N–H and O–H groups in total. The Kier molecular flexibility index (Phi) is 3.79. The van der Waals surface area contributed by atoms with Gasteiger partial charge < -0.3 is 10.2 Å². The van der Waals surface area contributed by atoms with E-state index in [4.69, 9.17) is 0 Å². The molecule has 1 saturated heterocycles. The Morgan fingerprint density at radius 2 is 2.10 bits per heavy atom. The summed E-state index contributed by atoms with van der Waals surface area (Å²) in [7, 11) is 0. The van der Waals surface area contributed by atoms with Crippen molar-refractivity contribution in [3.8, 4) is 0 Å². The molecule has 108 valence electrons. The third-order valence-electron chi connectivity index (χ3n) is 3.52. The Bertz CT molecular complexity index is 534. The molecule has 1 unspecified atom stereocenters. The third-order valence-corrected chi connectivity index (χ3v) is 3.52. The van der Waals surface area contributed by atoms with E-state index in [1.54, 1.807) is 11.1 Å². The second-order valence-corrected chi connectivity index (χ2v) is 6.33. The summed E-state index contributed by atoms with van der Waals surface area (Å²) in [5.41, 5.74) is 1.56. The molecule has 0 radical (unpaired) electrons. The molecule has 2 rings (SSSR count). The number of nitrogens with zero attached hydrogens (tertiary/aromatic N) is 2. The highest BCUT2D eigenvalue weighted by atomic mass is 16.2. The second kappa shape index (κ2) is 5.23. The van der Waals surface area contributed by atoms with Gasteiger partial charge in [0, 0.05) is 6.20 Å². The van der Waals surface area contributed by atoms with Crippen LogP contribution in [-0.4, -0.2) is 34.3 Å². The largest absolute Gasteiger partial charge is 0.342 e. The van der Waals surface area contributed by atoms with E-state index in [0.29, 0.717) is 6.54 Å². The average molecular weight is 275 g/mol. The highest BCUT2D eigenvalue weighted by Gasteiger charge is 2.39. The van der Waals surface area contributed by atoms with Crippen molar-refractivity contribution in [1.29, 1.82) is 0 Å². The summed E-state index contributed by atoms with van der Waals surface area (Å²) in [6.07, 6.45) is 1.71. The zero-order valence-corrected chi connectivity index (χ0v) is 12.4. The van der Waals surface area contributed by atoms with E-state index in [1.165, 1.54) is 0 Å². The predicted octanol–water partition coefficient (Wildman–Crippen LogP) is 1.26. The third kappa shape index (κ3) is 2.98. The molecule has 1 aromatic rings. The Labute approximate surface area is 119 Å². The summed E-state index contributed by atoms with van der Waals surface area (Å²) in [6, 6.07) is 3.34. The second-order valence-electron chi connectivity index (χ2n) is 6.33. The van der Waals surface area contributed by atoms with E-state index >= 15 is 0 Å². The smallest absolute Gasteiger partial charge is 0.246 e. The van der Waals surface area contributed by atoms with Crippen molar-refractivity contribution in [2.75, 3.05) is 6.54 Å². The van der Waals surface area contributed by atoms with Crippen LogP contribution in [0.5, 0.6) is 0 Å². The van der Waals surface area contributed by atoms with Gasteiger partial charge in [-0.1, -0.05) is 26.8 Å². The first-order valence-corrected chi connectivity index (χ1v) is 6.77. The Morgan fingerprint density at radius 3 is 2.70 bits per heavy atom. The van der Waals surface area contributed by atoms with Crippen LogP contribution in [0.3, 0.4) is 0 Å². The quantitative estimate of drug-likeness (QED) is 0.884. The summed E-state index contributed by atoms with van der Waals surface area (Å²) in [6.45, 7) is 8.28. The van der Waals surface area contributed by atoms with Gasteiger partial charge in [-0.05, 0) is 24.0 Å². The van der Waals surface area contributed by atoms with Gasteiger partial charge in [-0.25, -0.2) is 0 Å². The van der Waals surface area contributed by atoms with Crippen molar-refractivity contribution in [3.05, 3.63) is 29.6 Å². The topological polar surface area (TPSA) is 62.3 Å². The molecule has 2 heterocycles. The minimum absolute atomic E-state index is 0.0397. The Hall–Kier alpha value is -1.91. The van der Waals surface area contributed by atoms with Crippen molar-refractivity contribution < 1.29 is 9.59 Å². The van der Waals surface area contributed by atoms with Crippen LogP contribution < -0.4 is 5.32 Å². The van der Waals surface area contributed by atoms with Gasteiger partial charge in [0.2, 0.25) is 11.8 Å². The van der Waals surface area contributed by atoms with E-state index in [2.05, 4.69) is 10.3 Å². The SMILES string of the molecule is Cc1cccnc1CN1CC(=O)NC(C(C)(C)C)C1=O. The number of hydrogen-bond acceptors (Lipinski definition) is 3.